The van der Waals surface area contributed by atoms with Crippen LogP contribution in [0, 0.1) is 0 Å². The number of thioether (sulfide) groups is 1. The van der Waals surface area contributed by atoms with Crippen LogP contribution < -0.4 is 4.90 Å². The number of nitrogens with one attached hydrogen (secondary N) is 1. The van der Waals surface area contributed by atoms with Crippen molar-refractivity contribution in [3.8, 4) is 0 Å². The number of carbonyl (C=O) groups excluding carboxylic acids is 1. The van der Waals surface area contributed by atoms with Crippen LogP contribution in [-0.2, 0) is 11.2 Å². The fourth-order valence-electron chi connectivity index (χ4n) is 2.92. The van der Waals surface area contributed by atoms with E-state index in [1.165, 1.54) is 17.3 Å². The predicted octanol–water partition coefficient (Wildman–Crippen LogP) is 3.68. The maximum Gasteiger partial charge on any atom is 0.237 e. The van der Waals surface area contributed by atoms with E-state index in [9.17, 15) is 4.79 Å². The van der Waals surface area contributed by atoms with E-state index in [1.54, 1.807) is 12.3 Å². The van der Waals surface area contributed by atoms with Gasteiger partial charge in [0.2, 0.25) is 5.91 Å². The van der Waals surface area contributed by atoms with Crippen molar-refractivity contribution in [2.75, 3.05) is 17.2 Å². The Morgan fingerprint density at radius 3 is 3.17 bits per heavy atom. The number of amides is 1. The molecular formula is C17H15ClN4OS. The average Bonchev–Trinajstić information content (AvgIpc) is 3.01. The number of pyridine rings is 1. The van der Waals surface area contributed by atoms with E-state index in [-0.39, 0.29) is 5.91 Å². The lowest BCUT2D eigenvalue weighted by atomic mass is 10.0. The number of aromatic nitrogens is 3. The first kappa shape index (κ1) is 15.5. The zero-order chi connectivity index (χ0) is 16.5. The van der Waals surface area contributed by atoms with Gasteiger partial charge in [0.05, 0.1) is 16.3 Å². The molecule has 2 aromatic heterocycles. The number of anilines is 1. The van der Waals surface area contributed by atoms with Crippen molar-refractivity contribution in [3.05, 3.63) is 47.1 Å². The molecule has 4 rings (SSSR count). The summed E-state index contributed by atoms with van der Waals surface area (Å²) in [5.41, 5.74) is 3.66. The number of para-hydroxylation sites is 1. The lowest BCUT2D eigenvalue weighted by Crippen LogP contribution is -2.36. The van der Waals surface area contributed by atoms with Crippen LogP contribution in [0.4, 0.5) is 5.69 Å². The van der Waals surface area contributed by atoms with Gasteiger partial charge in [-0.05, 0) is 30.5 Å². The van der Waals surface area contributed by atoms with Crippen molar-refractivity contribution in [3.63, 3.8) is 0 Å². The van der Waals surface area contributed by atoms with E-state index < -0.39 is 0 Å². The normalized spacial score (nSPS) is 14.0. The molecule has 1 aliphatic heterocycles. The summed E-state index contributed by atoms with van der Waals surface area (Å²) in [6.07, 6.45) is 3.60. The number of hydrogen-bond acceptors (Lipinski definition) is 4. The number of halogens is 1. The number of aromatic amines is 1. The molecule has 0 spiro atoms. The highest BCUT2D eigenvalue weighted by Crippen LogP contribution is 2.28. The third kappa shape index (κ3) is 2.99. The summed E-state index contributed by atoms with van der Waals surface area (Å²) < 4.78 is 0. The Morgan fingerprint density at radius 2 is 2.25 bits per heavy atom. The minimum Gasteiger partial charge on any atom is -0.331 e. The molecule has 122 valence electrons. The van der Waals surface area contributed by atoms with Crippen LogP contribution >= 0.6 is 23.4 Å². The summed E-state index contributed by atoms with van der Waals surface area (Å²) in [5, 5.41) is 1.24. The molecule has 0 saturated carbocycles. The smallest absolute Gasteiger partial charge is 0.237 e. The molecule has 0 unspecified atom stereocenters. The molecule has 0 bridgehead atoms. The van der Waals surface area contributed by atoms with Crippen molar-refractivity contribution in [1.29, 1.82) is 0 Å². The van der Waals surface area contributed by atoms with E-state index in [4.69, 9.17) is 11.6 Å². The standard InChI is InChI=1S/C17H15ClN4OS/c18-12-8-13-16(19-9-12)21-17(20-13)24-10-15(23)22-7-3-5-11-4-1-2-6-14(11)22/h1-2,4,6,8-9H,3,5,7,10H2,(H,19,20,21). The Balaban J connectivity index is 1.48. The van der Waals surface area contributed by atoms with Gasteiger partial charge < -0.3 is 9.88 Å². The molecule has 1 aliphatic rings. The number of aryl methyl sites for hydroxylation is 1. The first-order valence-corrected chi connectivity index (χ1v) is 9.09. The predicted molar refractivity (Wildman–Crippen MR) is 96.7 cm³/mol. The third-order valence-corrected chi connectivity index (χ3v) is 5.09. The summed E-state index contributed by atoms with van der Waals surface area (Å²) in [5.74, 6) is 0.431. The third-order valence-electron chi connectivity index (χ3n) is 4.03. The Labute approximate surface area is 148 Å². The molecular weight excluding hydrogens is 344 g/mol. The molecule has 3 aromatic rings. The van der Waals surface area contributed by atoms with Crippen molar-refractivity contribution in [1.82, 2.24) is 15.0 Å². The number of nitrogens with zero attached hydrogens (tertiary/aromatic N) is 3. The Morgan fingerprint density at radius 1 is 1.38 bits per heavy atom. The highest BCUT2D eigenvalue weighted by atomic mass is 35.5. The molecule has 24 heavy (non-hydrogen) atoms. The number of benzene rings is 1. The summed E-state index contributed by atoms with van der Waals surface area (Å²) in [6.45, 7) is 0.772. The summed E-state index contributed by atoms with van der Waals surface area (Å²) in [4.78, 5) is 26.2. The van der Waals surface area contributed by atoms with Crippen LogP contribution in [0.1, 0.15) is 12.0 Å². The zero-order valence-corrected chi connectivity index (χ0v) is 14.4. The van der Waals surface area contributed by atoms with Crippen molar-refractivity contribution >= 4 is 46.1 Å². The molecule has 0 atom stereocenters. The zero-order valence-electron chi connectivity index (χ0n) is 12.8. The van der Waals surface area contributed by atoms with E-state index in [1.807, 2.05) is 23.1 Å². The molecule has 0 radical (unpaired) electrons. The van der Waals surface area contributed by atoms with Crippen molar-refractivity contribution in [2.45, 2.75) is 18.0 Å². The van der Waals surface area contributed by atoms with Crippen molar-refractivity contribution < 1.29 is 4.79 Å². The molecule has 1 N–H and O–H groups in total. The number of hydrogen-bond donors (Lipinski definition) is 1. The van der Waals surface area contributed by atoms with Crippen LogP contribution in [0.25, 0.3) is 11.2 Å². The van der Waals surface area contributed by atoms with Gasteiger partial charge in [0.15, 0.2) is 10.8 Å². The molecule has 7 heteroatoms. The van der Waals surface area contributed by atoms with E-state index in [2.05, 4.69) is 21.0 Å². The van der Waals surface area contributed by atoms with Crippen LogP contribution in [0.2, 0.25) is 5.02 Å². The highest BCUT2D eigenvalue weighted by molar-refractivity contribution is 7.99. The molecule has 1 amide bonds. The number of rotatable bonds is 3. The van der Waals surface area contributed by atoms with E-state index in [0.29, 0.717) is 21.6 Å². The molecule has 3 heterocycles. The van der Waals surface area contributed by atoms with Crippen LogP contribution in [-0.4, -0.2) is 33.2 Å². The van der Waals surface area contributed by atoms with E-state index in [0.717, 1.165) is 30.6 Å². The first-order chi connectivity index (χ1) is 11.7. The highest BCUT2D eigenvalue weighted by Gasteiger charge is 2.22. The second-order valence-electron chi connectivity index (χ2n) is 5.63. The molecule has 0 saturated heterocycles. The maximum absolute atomic E-state index is 12.6. The number of carbonyl (C=O) groups is 1. The van der Waals surface area contributed by atoms with Crippen LogP contribution in [0.15, 0.2) is 41.7 Å². The Kier molecular flexibility index (Phi) is 4.16. The fourth-order valence-corrected chi connectivity index (χ4v) is 3.83. The summed E-state index contributed by atoms with van der Waals surface area (Å²) in [6, 6.07) is 9.89. The fraction of sp³-hybridized carbons (Fsp3) is 0.235. The average molecular weight is 359 g/mol. The minimum atomic E-state index is 0.0959. The molecule has 1 aromatic carbocycles. The van der Waals surface area contributed by atoms with E-state index >= 15 is 0 Å². The van der Waals surface area contributed by atoms with Crippen molar-refractivity contribution in [2.24, 2.45) is 0 Å². The Bertz CT molecular complexity index is 910. The SMILES string of the molecule is O=C(CSc1nc2ncc(Cl)cc2[nH]1)N1CCCc2ccccc21. The monoisotopic (exact) mass is 358 g/mol. The molecule has 0 aliphatic carbocycles. The maximum atomic E-state index is 12.6. The quantitative estimate of drug-likeness (QED) is 0.725. The van der Waals surface area contributed by atoms with Gasteiger partial charge >= 0.3 is 0 Å². The van der Waals surface area contributed by atoms with Gasteiger partial charge in [-0.2, -0.15) is 0 Å². The lowest BCUT2D eigenvalue weighted by molar-refractivity contribution is -0.116. The van der Waals surface area contributed by atoms with Gasteiger partial charge in [0.1, 0.15) is 0 Å². The first-order valence-electron chi connectivity index (χ1n) is 7.73. The van der Waals surface area contributed by atoms with Gasteiger partial charge in [0, 0.05) is 18.4 Å². The topological polar surface area (TPSA) is 61.9 Å². The summed E-state index contributed by atoms with van der Waals surface area (Å²) >= 11 is 7.31. The van der Waals surface area contributed by atoms with Crippen LogP contribution in [0.3, 0.4) is 0 Å². The van der Waals surface area contributed by atoms with Crippen LogP contribution in [0.5, 0.6) is 0 Å². The van der Waals surface area contributed by atoms with Gasteiger partial charge in [-0.1, -0.05) is 41.6 Å². The number of H-pyrrole nitrogens is 1. The summed E-state index contributed by atoms with van der Waals surface area (Å²) in [7, 11) is 0. The minimum absolute atomic E-state index is 0.0959. The Hall–Kier alpha value is -2.05. The van der Waals surface area contributed by atoms with Gasteiger partial charge in [-0.3, -0.25) is 4.79 Å². The largest absolute Gasteiger partial charge is 0.331 e. The molecule has 5 nitrogen and oxygen atoms in total. The second-order valence-corrected chi connectivity index (χ2v) is 7.03. The number of imidazole rings is 1. The lowest BCUT2D eigenvalue weighted by Gasteiger charge is -2.29. The van der Waals surface area contributed by atoms with Gasteiger partial charge in [0.25, 0.3) is 0 Å². The van der Waals surface area contributed by atoms with Gasteiger partial charge in [-0.15, -0.1) is 0 Å². The van der Waals surface area contributed by atoms with Gasteiger partial charge in [-0.25, -0.2) is 9.97 Å². The molecule has 0 fully saturated rings. The second kappa shape index (κ2) is 6.45. The number of fused-ring (bicyclic) bond motifs is 2.